The third-order valence-electron chi connectivity index (χ3n) is 5.25. The summed E-state index contributed by atoms with van der Waals surface area (Å²) in [5, 5.41) is 6.25. The van der Waals surface area contributed by atoms with Gasteiger partial charge in [0.1, 0.15) is 0 Å². The van der Waals surface area contributed by atoms with Crippen LogP contribution in [-0.4, -0.2) is 49.2 Å². The molecule has 2 aromatic carbocycles. The van der Waals surface area contributed by atoms with Gasteiger partial charge >= 0.3 is 0 Å². The third-order valence-corrected chi connectivity index (χ3v) is 5.94. The molecule has 158 valence electrons. The number of nitrogens with zero attached hydrogens (tertiary/aromatic N) is 5. The lowest BCUT2D eigenvalue weighted by atomic mass is 10.1. The monoisotopic (exact) mass is 480 g/mol. The Balaban J connectivity index is 1.48. The maximum Gasteiger partial charge on any atom is 0.245 e. The second kappa shape index (κ2) is 8.16. The molecule has 2 aliphatic heterocycles. The van der Waals surface area contributed by atoms with Crippen LogP contribution < -0.4 is 20.4 Å². The van der Waals surface area contributed by atoms with Crippen LogP contribution in [0.4, 0.5) is 17.2 Å². The summed E-state index contributed by atoms with van der Waals surface area (Å²) >= 11 is 3.55. The Hall–Kier alpha value is -3.17. The first-order chi connectivity index (χ1) is 15.1. The van der Waals surface area contributed by atoms with E-state index in [1.807, 2.05) is 49.5 Å². The molecule has 0 saturated carbocycles. The number of hydrogen-bond donors (Lipinski definition) is 1. The second-order valence-corrected chi connectivity index (χ2v) is 8.12. The second-order valence-electron chi connectivity index (χ2n) is 7.26. The van der Waals surface area contributed by atoms with Crippen molar-refractivity contribution in [2.75, 3.05) is 49.0 Å². The first kappa shape index (κ1) is 19.8. The molecule has 2 aliphatic rings. The molecule has 1 aromatic heterocycles. The van der Waals surface area contributed by atoms with Gasteiger partial charge in [-0.05, 0) is 46.3 Å². The fourth-order valence-electron chi connectivity index (χ4n) is 3.60. The summed E-state index contributed by atoms with van der Waals surface area (Å²) in [6, 6.07) is 13.7. The van der Waals surface area contributed by atoms with Crippen molar-refractivity contribution >= 4 is 39.0 Å². The number of aromatic nitrogens is 2. The van der Waals surface area contributed by atoms with Crippen LogP contribution in [0, 0.1) is 0 Å². The molecule has 0 radical (unpaired) electrons. The minimum absolute atomic E-state index is 0.479. The molecule has 8 nitrogen and oxygen atoms in total. The van der Waals surface area contributed by atoms with Crippen molar-refractivity contribution in [1.82, 2.24) is 9.97 Å². The van der Waals surface area contributed by atoms with Crippen LogP contribution in [0.3, 0.4) is 0 Å². The summed E-state index contributed by atoms with van der Waals surface area (Å²) in [6.45, 7) is 3.12. The summed E-state index contributed by atoms with van der Waals surface area (Å²) < 4.78 is 12.4. The molecule has 3 aromatic rings. The van der Waals surface area contributed by atoms with Crippen LogP contribution in [0.5, 0.6) is 5.75 Å². The Bertz CT molecular complexity index is 1160. The van der Waals surface area contributed by atoms with Gasteiger partial charge in [0, 0.05) is 41.5 Å². The molecule has 1 fully saturated rings. The van der Waals surface area contributed by atoms with Gasteiger partial charge in [-0.3, -0.25) is 0 Å². The van der Waals surface area contributed by atoms with Crippen molar-refractivity contribution in [3.05, 3.63) is 58.7 Å². The Morgan fingerprint density at radius 2 is 1.87 bits per heavy atom. The lowest BCUT2D eigenvalue weighted by Crippen LogP contribution is -2.36. The van der Waals surface area contributed by atoms with E-state index in [1.165, 1.54) is 0 Å². The quantitative estimate of drug-likeness (QED) is 0.573. The van der Waals surface area contributed by atoms with Crippen LogP contribution in [0.25, 0.3) is 11.4 Å². The number of fused-ring (bicyclic) bond motifs is 1. The molecular weight excluding hydrogens is 460 g/mol. The number of ether oxygens (including phenoxy) is 2. The number of anilines is 3. The largest absolute Gasteiger partial charge is 0.431 e. The van der Waals surface area contributed by atoms with E-state index in [-0.39, 0.29) is 0 Å². The molecule has 5 rings (SSSR count). The van der Waals surface area contributed by atoms with E-state index in [0.29, 0.717) is 29.0 Å². The van der Waals surface area contributed by atoms with Gasteiger partial charge in [-0.25, -0.2) is 15.0 Å². The van der Waals surface area contributed by atoms with E-state index in [9.17, 15) is 0 Å². The standard InChI is InChI=1S/C22H21BrN6O2/c1-28-21-19(31-22(27-28)15-4-2-3-5-17(15)23)13-25-20(26-21)16-12-14(6-7-18(16)24)29-8-10-30-11-9-29/h2-7,12-13H,8-11,24H2,1H3. The highest BCUT2D eigenvalue weighted by Crippen LogP contribution is 2.35. The molecule has 0 bridgehead atoms. The molecule has 0 aliphatic carbocycles. The predicted octanol–water partition coefficient (Wildman–Crippen LogP) is 3.52. The highest BCUT2D eigenvalue weighted by atomic mass is 79.9. The van der Waals surface area contributed by atoms with Gasteiger partial charge in [0.25, 0.3) is 0 Å². The molecule has 3 heterocycles. The highest BCUT2D eigenvalue weighted by molar-refractivity contribution is 9.10. The van der Waals surface area contributed by atoms with Gasteiger partial charge in [-0.2, -0.15) is 0 Å². The average molecular weight is 481 g/mol. The number of morpholine rings is 1. The van der Waals surface area contributed by atoms with E-state index in [2.05, 4.69) is 30.9 Å². The van der Waals surface area contributed by atoms with Crippen molar-refractivity contribution in [2.45, 2.75) is 0 Å². The number of benzene rings is 2. The van der Waals surface area contributed by atoms with Crippen molar-refractivity contribution < 1.29 is 9.47 Å². The number of hydrazone groups is 1. The van der Waals surface area contributed by atoms with Gasteiger partial charge < -0.3 is 20.1 Å². The Labute approximate surface area is 188 Å². The fourth-order valence-corrected chi connectivity index (χ4v) is 4.06. The highest BCUT2D eigenvalue weighted by Gasteiger charge is 2.24. The summed E-state index contributed by atoms with van der Waals surface area (Å²) in [7, 11) is 1.84. The SMILES string of the molecule is CN1N=C(c2ccccc2Br)Oc2cnc(-c3cc(N4CCOCC4)ccc3N)nc21. The van der Waals surface area contributed by atoms with Crippen LogP contribution in [0.15, 0.2) is 58.2 Å². The Morgan fingerprint density at radius 3 is 2.68 bits per heavy atom. The van der Waals surface area contributed by atoms with Crippen molar-refractivity contribution in [2.24, 2.45) is 5.10 Å². The smallest absolute Gasteiger partial charge is 0.245 e. The van der Waals surface area contributed by atoms with Crippen molar-refractivity contribution in [1.29, 1.82) is 0 Å². The van der Waals surface area contributed by atoms with E-state index in [4.69, 9.17) is 20.2 Å². The molecule has 2 N–H and O–H groups in total. The average Bonchev–Trinajstić information content (AvgIpc) is 2.80. The maximum atomic E-state index is 6.28. The van der Waals surface area contributed by atoms with Crippen LogP contribution in [-0.2, 0) is 4.74 Å². The number of nitrogen functional groups attached to an aromatic ring is 1. The Kier molecular flexibility index (Phi) is 5.21. The van der Waals surface area contributed by atoms with Crippen molar-refractivity contribution in [3.63, 3.8) is 0 Å². The summed E-state index contributed by atoms with van der Waals surface area (Å²) in [4.78, 5) is 11.5. The zero-order chi connectivity index (χ0) is 21.4. The van der Waals surface area contributed by atoms with E-state index < -0.39 is 0 Å². The minimum Gasteiger partial charge on any atom is -0.431 e. The van der Waals surface area contributed by atoms with Crippen LogP contribution >= 0.6 is 15.9 Å². The minimum atomic E-state index is 0.479. The van der Waals surface area contributed by atoms with Gasteiger partial charge in [0.2, 0.25) is 5.90 Å². The lowest BCUT2D eigenvalue weighted by Gasteiger charge is -2.29. The third kappa shape index (κ3) is 3.82. The molecule has 31 heavy (non-hydrogen) atoms. The molecule has 0 spiro atoms. The molecule has 9 heteroatoms. The summed E-state index contributed by atoms with van der Waals surface area (Å²) in [6.07, 6.45) is 1.67. The van der Waals surface area contributed by atoms with Crippen molar-refractivity contribution in [3.8, 4) is 17.1 Å². The zero-order valence-electron chi connectivity index (χ0n) is 17.0. The molecule has 0 unspecified atom stereocenters. The van der Waals surface area contributed by atoms with E-state index in [1.54, 1.807) is 11.2 Å². The normalized spacial score (nSPS) is 15.9. The Morgan fingerprint density at radius 1 is 1.06 bits per heavy atom. The number of nitrogens with two attached hydrogens (primary N) is 1. The van der Waals surface area contributed by atoms with Gasteiger partial charge in [-0.15, -0.1) is 5.10 Å². The van der Waals surface area contributed by atoms with Crippen LogP contribution in [0.2, 0.25) is 0 Å². The first-order valence-corrected chi connectivity index (χ1v) is 10.7. The molecule has 0 amide bonds. The van der Waals surface area contributed by atoms with E-state index >= 15 is 0 Å². The molecular formula is C22H21BrN6O2. The summed E-state index contributed by atoms with van der Waals surface area (Å²) in [5.41, 5.74) is 9.60. The lowest BCUT2D eigenvalue weighted by molar-refractivity contribution is 0.122. The number of rotatable bonds is 3. The summed E-state index contributed by atoms with van der Waals surface area (Å²) in [5.74, 6) is 2.13. The van der Waals surface area contributed by atoms with Gasteiger partial charge in [-0.1, -0.05) is 12.1 Å². The topological polar surface area (TPSA) is 89.1 Å². The van der Waals surface area contributed by atoms with Gasteiger partial charge in [0.15, 0.2) is 17.4 Å². The van der Waals surface area contributed by atoms with Crippen LogP contribution in [0.1, 0.15) is 5.56 Å². The zero-order valence-corrected chi connectivity index (χ0v) is 18.5. The fraction of sp³-hybridized carbons (Fsp3) is 0.227. The van der Waals surface area contributed by atoms with E-state index in [0.717, 1.165) is 47.6 Å². The predicted molar refractivity (Wildman–Crippen MR) is 125 cm³/mol. The van der Waals surface area contributed by atoms with Gasteiger partial charge in [0.05, 0.1) is 25.0 Å². The number of hydrogen-bond acceptors (Lipinski definition) is 8. The first-order valence-electron chi connectivity index (χ1n) is 9.95. The maximum absolute atomic E-state index is 6.28. The number of halogens is 1. The molecule has 0 atom stereocenters. The molecule has 1 saturated heterocycles.